The number of rotatable bonds is 5. The van der Waals surface area contributed by atoms with E-state index >= 15 is 0 Å². The molecule has 0 saturated heterocycles. The second kappa shape index (κ2) is 5.78. The molecule has 2 amide bonds. The number of aromatic nitrogens is 3. The van der Waals surface area contributed by atoms with Crippen molar-refractivity contribution in [2.75, 3.05) is 5.32 Å². The molecule has 0 radical (unpaired) electrons. The van der Waals surface area contributed by atoms with Gasteiger partial charge in [0.1, 0.15) is 0 Å². The number of urea groups is 1. The Bertz CT molecular complexity index is 632. The molecule has 0 fully saturated rings. The van der Waals surface area contributed by atoms with Crippen molar-refractivity contribution in [1.29, 1.82) is 0 Å². The highest BCUT2D eigenvalue weighted by Crippen LogP contribution is 2.12. The number of amides is 2. The zero-order valence-electron chi connectivity index (χ0n) is 11.8. The highest BCUT2D eigenvalue weighted by molar-refractivity contribution is 5.88. The summed E-state index contributed by atoms with van der Waals surface area (Å²) >= 11 is 0. The normalized spacial score (nSPS) is 11.3. The first-order chi connectivity index (χ1) is 9.85. The van der Waals surface area contributed by atoms with E-state index in [1.165, 1.54) is 0 Å². The fourth-order valence-corrected chi connectivity index (χ4v) is 1.81. The summed E-state index contributed by atoms with van der Waals surface area (Å²) in [5, 5.41) is 18.0. The molecule has 0 atom stereocenters. The molecule has 21 heavy (non-hydrogen) atoms. The fourth-order valence-electron chi connectivity index (χ4n) is 1.81. The third-order valence-corrected chi connectivity index (χ3v) is 2.88. The summed E-state index contributed by atoms with van der Waals surface area (Å²) in [7, 11) is 0. The number of carbonyl (C=O) groups is 2. The van der Waals surface area contributed by atoms with Crippen LogP contribution < -0.4 is 10.6 Å². The Kier molecular flexibility index (Phi) is 4.06. The van der Waals surface area contributed by atoms with Crippen LogP contribution in [0.5, 0.6) is 0 Å². The lowest BCUT2D eigenvalue weighted by Gasteiger charge is -2.25. The lowest BCUT2D eigenvalue weighted by Crippen LogP contribution is -2.45. The van der Waals surface area contributed by atoms with Crippen LogP contribution in [-0.2, 0) is 4.79 Å². The van der Waals surface area contributed by atoms with E-state index in [1.807, 2.05) is 6.07 Å². The van der Waals surface area contributed by atoms with Crippen LogP contribution in [0.3, 0.4) is 0 Å². The largest absolute Gasteiger partial charge is 0.481 e. The molecule has 0 aliphatic carbocycles. The number of anilines is 1. The minimum absolute atomic E-state index is 0.0140. The van der Waals surface area contributed by atoms with Gasteiger partial charge in [-0.3, -0.25) is 10.1 Å². The standard InChI is InChI=1S/C13H17N5O3/c1-13(2,7-6-10(19)20)16-12(21)15-11-14-9-5-3-4-8-18(9)17-11/h3-5,8H,6-7H2,1-2H3,(H,19,20)(H2,15,16,17,21). The van der Waals surface area contributed by atoms with Gasteiger partial charge in [0.05, 0.1) is 0 Å². The summed E-state index contributed by atoms with van der Waals surface area (Å²) < 4.78 is 1.55. The number of carbonyl (C=O) groups excluding carboxylic acids is 1. The van der Waals surface area contributed by atoms with Crippen molar-refractivity contribution < 1.29 is 14.7 Å². The molecule has 2 aromatic rings. The minimum atomic E-state index is -0.896. The molecule has 8 nitrogen and oxygen atoms in total. The summed E-state index contributed by atoms with van der Waals surface area (Å²) in [5.41, 5.74) is -0.0142. The summed E-state index contributed by atoms with van der Waals surface area (Å²) in [5.74, 6) is -0.708. The van der Waals surface area contributed by atoms with Crippen molar-refractivity contribution in [2.24, 2.45) is 0 Å². The van der Waals surface area contributed by atoms with Gasteiger partial charge in [-0.25, -0.2) is 9.31 Å². The van der Waals surface area contributed by atoms with Crippen LogP contribution >= 0.6 is 0 Å². The van der Waals surface area contributed by atoms with E-state index in [-0.39, 0.29) is 12.4 Å². The summed E-state index contributed by atoms with van der Waals surface area (Å²) in [6, 6.07) is 4.93. The number of pyridine rings is 1. The topological polar surface area (TPSA) is 109 Å². The zero-order chi connectivity index (χ0) is 15.5. The number of nitrogens with zero attached hydrogens (tertiary/aromatic N) is 3. The number of hydrogen-bond donors (Lipinski definition) is 3. The van der Waals surface area contributed by atoms with E-state index in [4.69, 9.17) is 5.11 Å². The Hall–Kier alpha value is -2.64. The summed E-state index contributed by atoms with van der Waals surface area (Å²) in [6.07, 6.45) is 2.04. The molecular formula is C13H17N5O3. The molecule has 0 aromatic carbocycles. The molecule has 0 unspecified atom stereocenters. The van der Waals surface area contributed by atoms with Crippen LogP contribution in [0, 0.1) is 0 Å². The van der Waals surface area contributed by atoms with Gasteiger partial charge in [0.15, 0.2) is 5.65 Å². The first-order valence-electron chi connectivity index (χ1n) is 6.48. The molecule has 0 aliphatic rings. The van der Waals surface area contributed by atoms with Crippen molar-refractivity contribution >= 4 is 23.6 Å². The SMILES string of the molecule is CC(C)(CCC(=O)O)NC(=O)Nc1nc2ccccn2n1. The van der Waals surface area contributed by atoms with E-state index in [1.54, 1.807) is 36.7 Å². The molecule has 2 aromatic heterocycles. The highest BCUT2D eigenvalue weighted by Gasteiger charge is 2.22. The van der Waals surface area contributed by atoms with Gasteiger partial charge in [0.25, 0.3) is 5.95 Å². The van der Waals surface area contributed by atoms with Gasteiger partial charge in [0.2, 0.25) is 0 Å². The summed E-state index contributed by atoms with van der Waals surface area (Å²) in [6.45, 7) is 3.51. The molecular weight excluding hydrogens is 274 g/mol. The Morgan fingerprint density at radius 1 is 1.38 bits per heavy atom. The number of carboxylic acid groups (broad SMARTS) is 1. The Balaban J connectivity index is 1.96. The highest BCUT2D eigenvalue weighted by atomic mass is 16.4. The van der Waals surface area contributed by atoms with E-state index in [2.05, 4.69) is 20.7 Å². The number of nitrogens with one attached hydrogen (secondary N) is 2. The molecule has 0 bridgehead atoms. The molecule has 112 valence electrons. The van der Waals surface area contributed by atoms with Crippen LogP contribution in [0.1, 0.15) is 26.7 Å². The van der Waals surface area contributed by atoms with Crippen LogP contribution in [-0.4, -0.2) is 37.2 Å². The van der Waals surface area contributed by atoms with Crippen molar-refractivity contribution in [2.45, 2.75) is 32.2 Å². The predicted octanol–water partition coefficient (Wildman–Crippen LogP) is 1.49. The average molecular weight is 291 g/mol. The summed E-state index contributed by atoms with van der Waals surface area (Å²) in [4.78, 5) is 26.6. The third-order valence-electron chi connectivity index (χ3n) is 2.88. The molecule has 0 aliphatic heterocycles. The Morgan fingerprint density at radius 3 is 2.81 bits per heavy atom. The third kappa shape index (κ3) is 4.16. The van der Waals surface area contributed by atoms with Gasteiger partial charge < -0.3 is 10.4 Å². The van der Waals surface area contributed by atoms with Crippen LogP contribution in [0.15, 0.2) is 24.4 Å². The van der Waals surface area contributed by atoms with E-state index in [9.17, 15) is 9.59 Å². The molecule has 0 saturated carbocycles. The maximum atomic E-state index is 11.9. The van der Waals surface area contributed by atoms with Crippen molar-refractivity contribution in [3.8, 4) is 0 Å². The van der Waals surface area contributed by atoms with Gasteiger partial charge >= 0.3 is 12.0 Å². The van der Waals surface area contributed by atoms with E-state index in [0.717, 1.165) is 0 Å². The Labute approximate surface area is 121 Å². The van der Waals surface area contributed by atoms with Gasteiger partial charge in [-0.2, -0.15) is 4.98 Å². The molecule has 2 rings (SSSR count). The van der Waals surface area contributed by atoms with Gasteiger partial charge in [0, 0.05) is 18.2 Å². The Morgan fingerprint density at radius 2 is 2.14 bits per heavy atom. The maximum Gasteiger partial charge on any atom is 0.322 e. The monoisotopic (exact) mass is 291 g/mol. The zero-order valence-corrected chi connectivity index (χ0v) is 11.8. The van der Waals surface area contributed by atoms with Crippen molar-refractivity contribution in [3.63, 3.8) is 0 Å². The molecule has 2 heterocycles. The molecule has 0 spiro atoms. The van der Waals surface area contributed by atoms with E-state index in [0.29, 0.717) is 12.1 Å². The van der Waals surface area contributed by atoms with Crippen LogP contribution in [0.2, 0.25) is 0 Å². The fraction of sp³-hybridized carbons (Fsp3) is 0.385. The number of fused-ring (bicyclic) bond motifs is 1. The van der Waals surface area contributed by atoms with Gasteiger partial charge in [-0.05, 0) is 32.4 Å². The van der Waals surface area contributed by atoms with Crippen LogP contribution in [0.4, 0.5) is 10.7 Å². The van der Waals surface area contributed by atoms with Gasteiger partial charge in [-0.15, -0.1) is 5.10 Å². The smallest absolute Gasteiger partial charge is 0.322 e. The second-order valence-electron chi connectivity index (χ2n) is 5.30. The molecule has 3 N–H and O–H groups in total. The quantitative estimate of drug-likeness (QED) is 0.773. The maximum absolute atomic E-state index is 11.9. The first kappa shape index (κ1) is 14.8. The van der Waals surface area contributed by atoms with Gasteiger partial charge in [-0.1, -0.05) is 6.07 Å². The van der Waals surface area contributed by atoms with Crippen molar-refractivity contribution in [3.05, 3.63) is 24.4 Å². The van der Waals surface area contributed by atoms with E-state index < -0.39 is 17.5 Å². The first-order valence-corrected chi connectivity index (χ1v) is 6.48. The molecule has 8 heteroatoms. The lowest BCUT2D eigenvalue weighted by molar-refractivity contribution is -0.137. The van der Waals surface area contributed by atoms with Crippen LogP contribution in [0.25, 0.3) is 5.65 Å². The number of aliphatic carboxylic acids is 1. The number of hydrogen-bond acceptors (Lipinski definition) is 4. The predicted molar refractivity (Wildman–Crippen MR) is 76.1 cm³/mol. The minimum Gasteiger partial charge on any atom is -0.481 e. The lowest BCUT2D eigenvalue weighted by atomic mass is 9.99. The second-order valence-corrected chi connectivity index (χ2v) is 5.30. The number of carboxylic acids is 1. The van der Waals surface area contributed by atoms with Crippen molar-refractivity contribution in [1.82, 2.24) is 19.9 Å². The average Bonchev–Trinajstić information content (AvgIpc) is 2.77.